The predicted octanol–water partition coefficient (Wildman–Crippen LogP) is 1.42. The Hall–Kier alpha value is -1.04. The third-order valence-corrected chi connectivity index (χ3v) is 4.94. The molecule has 1 heterocycles. The van der Waals surface area contributed by atoms with E-state index in [0.717, 1.165) is 5.57 Å². The minimum absolute atomic E-state index is 0.00395. The number of carbonyl (C=O) groups excluding carboxylic acids is 1. The summed E-state index contributed by atoms with van der Waals surface area (Å²) in [5.41, 5.74) is 1.06. The zero-order chi connectivity index (χ0) is 14.0. The highest BCUT2D eigenvalue weighted by Gasteiger charge is 2.28. The molecule has 0 aliphatic carbocycles. The fourth-order valence-electron chi connectivity index (χ4n) is 1.53. The monoisotopic (exact) mass is 274 g/mol. The van der Waals surface area contributed by atoms with Crippen molar-refractivity contribution >= 4 is 15.9 Å². The second-order valence-corrected chi connectivity index (χ2v) is 8.02. The largest absolute Gasteiger partial charge is 0.334 e. The van der Waals surface area contributed by atoms with Gasteiger partial charge in [-0.15, -0.1) is 0 Å². The molecule has 2 N–H and O–H groups in total. The van der Waals surface area contributed by atoms with Crippen molar-refractivity contribution in [2.24, 2.45) is 5.41 Å². The Kier molecular flexibility index (Phi) is 4.42. The first-order valence-electron chi connectivity index (χ1n) is 6.05. The van der Waals surface area contributed by atoms with Crippen LogP contribution in [0.1, 0.15) is 34.1 Å². The van der Waals surface area contributed by atoms with E-state index in [4.69, 9.17) is 0 Å². The van der Waals surface area contributed by atoms with Gasteiger partial charge in [-0.3, -0.25) is 0 Å². The zero-order valence-electron chi connectivity index (χ0n) is 11.4. The number of sulfone groups is 1. The number of nitrogens with one attached hydrogen (secondary N) is 2. The average Bonchev–Trinajstić information content (AvgIpc) is 2.53. The van der Waals surface area contributed by atoms with Crippen LogP contribution in [0.5, 0.6) is 0 Å². The van der Waals surface area contributed by atoms with Gasteiger partial charge >= 0.3 is 6.03 Å². The van der Waals surface area contributed by atoms with E-state index in [1.54, 1.807) is 6.20 Å². The van der Waals surface area contributed by atoms with Crippen molar-refractivity contribution in [3.8, 4) is 0 Å². The van der Waals surface area contributed by atoms with Gasteiger partial charge in [0.15, 0.2) is 9.84 Å². The van der Waals surface area contributed by atoms with Crippen LogP contribution in [0.4, 0.5) is 4.79 Å². The lowest BCUT2D eigenvalue weighted by atomic mass is 9.88. The molecule has 1 fully saturated rings. The second kappa shape index (κ2) is 5.30. The molecule has 1 saturated heterocycles. The topological polar surface area (TPSA) is 75.3 Å². The quantitative estimate of drug-likeness (QED) is 0.799. The van der Waals surface area contributed by atoms with E-state index in [1.165, 1.54) is 0 Å². The Balaban J connectivity index is 2.44. The Morgan fingerprint density at radius 1 is 1.33 bits per heavy atom. The van der Waals surface area contributed by atoms with Crippen LogP contribution in [0.3, 0.4) is 0 Å². The Morgan fingerprint density at radius 3 is 2.39 bits per heavy atom. The summed E-state index contributed by atoms with van der Waals surface area (Å²) >= 11 is 0. The number of hydrogen-bond donors (Lipinski definition) is 2. The molecule has 2 amide bonds. The first-order chi connectivity index (χ1) is 8.10. The van der Waals surface area contributed by atoms with Gasteiger partial charge in [0.1, 0.15) is 0 Å². The number of urea groups is 1. The van der Waals surface area contributed by atoms with E-state index in [0.29, 0.717) is 6.42 Å². The zero-order valence-corrected chi connectivity index (χ0v) is 12.2. The highest BCUT2D eigenvalue weighted by atomic mass is 32.2. The molecule has 1 atom stereocenters. The Labute approximate surface area is 109 Å². The van der Waals surface area contributed by atoms with E-state index in [-0.39, 0.29) is 29.0 Å². The molecule has 1 unspecified atom stereocenters. The lowest BCUT2D eigenvalue weighted by Crippen LogP contribution is -2.41. The van der Waals surface area contributed by atoms with Gasteiger partial charge in [0, 0.05) is 12.2 Å². The molecule has 0 aromatic heterocycles. The third kappa shape index (κ3) is 4.68. The van der Waals surface area contributed by atoms with Crippen molar-refractivity contribution in [1.82, 2.24) is 10.6 Å². The van der Waals surface area contributed by atoms with E-state index >= 15 is 0 Å². The smallest absolute Gasteiger partial charge is 0.319 e. The standard InChI is InChI=1S/C12H22N2O3S/c1-9(12(2,3)4)7-13-11(15)14-10-5-6-18(16,17)8-10/h7,10H,5-6,8H2,1-4H3,(H2,13,14,15)/b9-7+. The van der Waals surface area contributed by atoms with Crippen LogP contribution in [0.15, 0.2) is 11.8 Å². The van der Waals surface area contributed by atoms with E-state index in [1.807, 2.05) is 6.92 Å². The van der Waals surface area contributed by atoms with Crippen LogP contribution in [-0.4, -0.2) is 32.0 Å². The number of amides is 2. The Bertz CT molecular complexity index is 446. The molecule has 5 nitrogen and oxygen atoms in total. The molecule has 18 heavy (non-hydrogen) atoms. The summed E-state index contributed by atoms with van der Waals surface area (Å²) in [7, 11) is -2.95. The van der Waals surface area contributed by atoms with Crippen LogP contribution < -0.4 is 10.6 Å². The van der Waals surface area contributed by atoms with Crippen molar-refractivity contribution in [3.63, 3.8) is 0 Å². The highest BCUT2D eigenvalue weighted by molar-refractivity contribution is 7.91. The van der Waals surface area contributed by atoms with Gasteiger partial charge < -0.3 is 10.6 Å². The van der Waals surface area contributed by atoms with Crippen molar-refractivity contribution in [3.05, 3.63) is 11.8 Å². The second-order valence-electron chi connectivity index (χ2n) is 5.80. The van der Waals surface area contributed by atoms with Gasteiger partial charge in [-0.05, 0) is 18.8 Å². The van der Waals surface area contributed by atoms with Crippen molar-refractivity contribution < 1.29 is 13.2 Å². The summed E-state index contributed by atoms with van der Waals surface area (Å²) < 4.78 is 22.5. The molecule has 0 spiro atoms. The summed E-state index contributed by atoms with van der Waals surface area (Å²) in [5, 5.41) is 5.30. The van der Waals surface area contributed by atoms with E-state index in [2.05, 4.69) is 31.4 Å². The first-order valence-corrected chi connectivity index (χ1v) is 7.87. The highest BCUT2D eigenvalue weighted by Crippen LogP contribution is 2.23. The van der Waals surface area contributed by atoms with Gasteiger partial charge in [0.05, 0.1) is 11.5 Å². The summed E-state index contributed by atoms with van der Waals surface area (Å²) in [6.07, 6.45) is 2.16. The van der Waals surface area contributed by atoms with Crippen LogP contribution in [0.2, 0.25) is 0 Å². The van der Waals surface area contributed by atoms with Crippen LogP contribution in [0, 0.1) is 5.41 Å². The predicted molar refractivity (Wildman–Crippen MR) is 71.9 cm³/mol. The van der Waals surface area contributed by atoms with Gasteiger partial charge in [0.2, 0.25) is 0 Å². The lowest BCUT2D eigenvalue weighted by molar-refractivity contribution is 0.241. The number of allylic oxidation sites excluding steroid dienone is 1. The number of hydrogen-bond acceptors (Lipinski definition) is 3. The van der Waals surface area contributed by atoms with Crippen LogP contribution >= 0.6 is 0 Å². The number of carbonyl (C=O) groups is 1. The van der Waals surface area contributed by atoms with Gasteiger partial charge in [-0.25, -0.2) is 13.2 Å². The molecule has 1 aliphatic rings. The van der Waals surface area contributed by atoms with Crippen molar-refractivity contribution in [2.45, 2.75) is 40.2 Å². The molecule has 0 bridgehead atoms. The summed E-state index contributed by atoms with van der Waals surface area (Å²) in [6.45, 7) is 8.12. The molecule has 0 aromatic rings. The molecule has 0 saturated carbocycles. The summed E-state index contributed by atoms with van der Waals surface area (Å²) in [6, 6.07) is -0.612. The minimum atomic E-state index is -2.95. The van der Waals surface area contributed by atoms with Crippen molar-refractivity contribution in [1.29, 1.82) is 0 Å². The molecule has 1 rings (SSSR count). The fraction of sp³-hybridized carbons (Fsp3) is 0.750. The maximum atomic E-state index is 11.6. The normalized spacial score (nSPS) is 23.8. The summed E-state index contributed by atoms with van der Waals surface area (Å²) in [5.74, 6) is 0.206. The van der Waals surface area contributed by atoms with Gasteiger partial charge in [0.25, 0.3) is 0 Å². The number of rotatable bonds is 2. The molecular formula is C12H22N2O3S. The molecule has 0 aromatic carbocycles. The molecule has 1 aliphatic heterocycles. The SMILES string of the molecule is C/C(=C\NC(=O)NC1CCS(=O)(=O)C1)C(C)(C)C. The minimum Gasteiger partial charge on any atom is -0.334 e. The average molecular weight is 274 g/mol. The van der Waals surface area contributed by atoms with E-state index < -0.39 is 9.84 Å². The first kappa shape index (κ1) is 15.0. The Morgan fingerprint density at radius 2 is 1.94 bits per heavy atom. The third-order valence-electron chi connectivity index (χ3n) is 3.17. The van der Waals surface area contributed by atoms with Gasteiger partial charge in [-0.2, -0.15) is 0 Å². The molecular weight excluding hydrogens is 252 g/mol. The lowest BCUT2D eigenvalue weighted by Gasteiger charge is -2.19. The summed E-state index contributed by atoms with van der Waals surface area (Å²) in [4.78, 5) is 11.6. The fourth-order valence-corrected chi connectivity index (χ4v) is 3.20. The van der Waals surface area contributed by atoms with Gasteiger partial charge in [-0.1, -0.05) is 26.3 Å². The molecule has 6 heteroatoms. The maximum Gasteiger partial charge on any atom is 0.319 e. The van der Waals surface area contributed by atoms with Crippen molar-refractivity contribution in [2.75, 3.05) is 11.5 Å². The molecule has 104 valence electrons. The van der Waals surface area contributed by atoms with E-state index in [9.17, 15) is 13.2 Å². The van der Waals surface area contributed by atoms with Crippen LogP contribution in [0.25, 0.3) is 0 Å². The van der Waals surface area contributed by atoms with Crippen LogP contribution in [-0.2, 0) is 9.84 Å². The maximum absolute atomic E-state index is 11.6. The molecule has 0 radical (unpaired) electrons.